The molecule has 2 rings (SSSR count). The van der Waals surface area contributed by atoms with Crippen molar-refractivity contribution in [2.45, 2.75) is 19.4 Å². The maximum Gasteiger partial charge on any atom is 0.194 e. The molecule has 14 heavy (non-hydrogen) atoms. The number of hydrogen-bond acceptors (Lipinski definition) is 2. The summed E-state index contributed by atoms with van der Waals surface area (Å²) in [5.74, 6) is -0.212. The standard InChI is InChI=1S/C12H12O2/c1-8-7-9-5-3-4-6-10(9)12(2,14)11(8)13/h3-7,14H,1-2H3. The van der Waals surface area contributed by atoms with Gasteiger partial charge in [-0.15, -0.1) is 0 Å². The first-order valence-corrected chi connectivity index (χ1v) is 4.58. The number of carbonyl (C=O) groups excluding carboxylic acids is 1. The van der Waals surface area contributed by atoms with Gasteiger partial charge >= 0.3 is 0 Å². The first-order chi connectivity index (χ1) is 6.53. The summed E-state index contributed by atoms with van der Waals surface area (Å²) >= 11 is 0. The highest BCUT2D eigenvalue weighted by Crippen LogP contribution is 2.33. The number of benzene rings is 1. The third-order valence-corrected chi connectivity index (χ3v) is 2.66. The molecule has 0 aromatic heterocycles. The van der Waals surface area contributed by atoms with Gasteiger partial charge in [0.2, 0.25) is 0 Å². The zero-order valence-electron chi connectivity index (χ0n) is 8.24. The SMILES string of the molecule is CC1=Cc2ccccc2C(C)(O)C1=O. The number of Topliss-reactive ketones (excluding diaryl/α,β-unsaturated/α-hetero) is 1. The molecule has 0 saturated carbocycles. The Morgan fingerprint density at radius 2 is 1.93 bits per heavy atom. The smallest absolute Gasteiger partial charge is 0.194 e. The lowest BCUT2D eigenvalue weighted by molar-refractivity contribution is -0.132. The molecule has 1 aliphatic rings. The van der Waals surface area contributed by atoms with Crippen LogP contribution in [0.15, 0.2) is 29.8 Å². The molecule has 0 saturated heterocycles. The van der Waals surface area contributed by atoms with Crippen LogP contribution in [0.25, 0.3) is 6.08 Å². The van der Waals surface area contributed by atoms with Gasteiger partial charge < -0.3 is 5.11 Å². The number of fused-ring (bicyclic) bond motifs is 1. The molecular formula is C12H12O2. The van der Waals surface area contributed by atoms with Crippen LogP contribution in [0.2, 0.25) is 0 Å². The zero-order chi connectivity index (χ0) is 10.3. The Morgan fingerprint density at radius 1 is 1.29 bits per heavy atom. The van der Waals surface area contributed by atoms with E-state index in [1.165, 1.54) is 0 Å². The molecule has 0 bridgehead atoms. The number of rotatable bonds is 0. The second kappa shape index (κ2) is 2.79. The molecule has 1 aromatic carbocycles. The maximum atomic E-state index is 11.7. The first kappa shape index (κ1) is 9.16. The van der Waals surface area contributed by atoms with Crippen LogP contribution < -0.4 is 0 Å². The predicted octanol–water partition coefficient (Wildman–Crippen LogP) is 1.88. The van der Waals surface area contributed by atoms with Crippen molar-refractivity contribution in [3.8, 4) is 0 Å². The van der Waals surface area contributed by atoms with Gasteiger partial charge in [-0.3, -0.25) is 4.79 Å². The van der Waals surface area contributed by atoms with Crippen LogP contribution in [0.3, 0.4) is 0 Å². The van der Waals surface area contributed by atoms with Crippen molar-refractivity contribution in [2.75, 3.05) is 0 Å². The molecule has 2 nitrogen and oxygen atoms in total. The van der Waals surface area contributed by atoms with Gasteiger partial charge in [0.25, 0.3) is 0 Å². The summed E-state index contributed by atoms with van der Waals surface area (Å²) in [5.41, 5.74) is 0.856. The zero-order valence-corrected chi connectivity index (χ0v) is 8.24. The second-order valence-corrected chi connectivity index (χ2v) is 3.82. The lowest BCUT2D eigenvalue weighted by Gasteiger charge is -2.28. The molecule has 0 fully saturated rings. The fourth-order valence-electron chi connectivity index (χ4n) is 1.87. The summed E-state index contributed by atoms with van der Waals surface area (Å²) in [6.07, 6.45) is 1.82. The van der Waals surface area contributed by atoms with Crippen LogP contribution >= 0.6 is 0 Å². The molecule has 1 aromatic rings. The van der Waals surface area contributed by atoms with Crippen molar-refractivity contribution in [1.29, 1.82) is 0 Å². The van der Waals surface area contributed by atoms with Gasteiger partial charge in [0.05, 0.1) is 0 Å². The molecule has 1 unspecified atom stereocenters. The van der Waals surface area contributed by atoms with E-state index in [1.54, 1.807) is 19.9 Å². The van der Waals surface area contributed by atoms with E-state index in [9.17, 15) is 9.90 Å². The minimum atomic E-state index is -1.37. The van der Waals surface area contributed by atoms with Crippen molar-refractivity contribution in [3.63, 3.8) is 0 Å². The molecule has 72 valence electrons. The molecular weight excluding hydrogens is 176 g/mol. The van der Waals surface area contributed by atoms with E-state index in [4.69, 9.17) is 0 Å². The van der Waals surface area contributed by atoms with Crippen molar-refractivity contribution in [3.05, 3.63) is 41.0 Å². The van der Waals surface area contributed by atoms with Gasteiger partial charge in [0.15, 0.2) is 5.78 Å². The average Bonchev–Trinajstić information content (AvgIpc) is 2.15. The lowest BCUT2D eigenvalue weighted by Crippen LogP contribution is -2.35. The lowest BCUT2D eigenvalue weighted by atomic mass is 9.80. The third-order valence-electron chi connectivity index (χ3n) is 2.66. The molecule has 1 aliphatic carbocycles. The Hall–Kier alpha value is -1.41. The van der Waals surface area contributed by atoms with Crippen LogP contribution in [0.4, 0.5) is 0 Å². The van der Waals surface area contributed by atoms with Gasteiger partial charge in [-0.2, -0.15) is 0 Å². The van der Waals surface area contributed by atoms with Crippen molar-refractivity contribution >= 4 is 11.9 Å². The topological polar surface area (TPSA) is 37.3 Å². The van der Waals surface area contributed by atoms with E-state index in [1.807, 2.05) is 24.3 Å². The van der Waals surface area contributed by atoms with Crippen LogP contribution in [-0.2, 0) is 10.4 Å². The van der Waals surface area contributed by atoms with E-state index in [2.05, 4.69) is 0 Å². The molecule has 1 N–H and O–H groups in total. The molecule has 2 heteroatoms. The summed E-state index contributed by atoms with van der Waals surface area (Å²) < 4.78 is 0. The molecule has 0 spiro atoms. The normalized spacial score (nSPS) is 25.6. The Balaban J connectivity index is 2.72. The second-order valence-electron chi connectivity index (χ2n) is 3.82. The number of carbonyl (C=O) groups is 1. The molecule has 1 atom stereocenters. The summed E-state index contributed by atoms with van der Waals surface area (Å²) in [5, 5.41) is 10.1. The van der Waals surface area contributed by atoms with Gasteiger partial charge in [-0.1, -0.05) is 24.3 Å². The fourth-order valence-corrected chi connectivity index (χ4v) is 1.87. The van der Waals surface area contributed by atoms with Gasteiger partial charge in [0, 0.05) is 0 Å². The van der Waals surface area contributed by atoms with Crippen molar-refractivity contribution in [2.24, 2.45) is 0 Å². The summed E-state index contributed by atoms with van der Waals surface area (Å²) in [6, 6.07) is 7.42. The van der Waals surface area contributed by atoms with Crippen molar-refractivity contribution in [1.82, 2.24) is 0 Å². The van der Waals surface area contributed by atoms with E-state index in [-0.39, 0.29) is 5.78 Å². The van der Waals surface area contributed by atoms with Gasteiger partial charge in [-0.25, -0.2) is 0 Å². The minimum Gasteiger partial charge on any atom is -0.377 e. The highest BCUT2D eigenvalue weighted by atomic mass is 16.3. The minimum absolute atomic E-state index is 0.212. The number of aliphatic hydroxyl groups is 1. The third kappa shape index (κ3) is 1.11. The van der Waals surface area contributed by atoms with E-state index in [0.717, 1.165) is 5.56 Å². The van der Waals surface area contributed by atoms with E-state index >= 15 is 0 Å². The predicted molar refractivity (Wildman–Crippen MR) is 54.7 cm³/mol. The van der Waals surface area contributed by atoms with Gasteiger partial charge in [0.1, 0.15) is 5.60 Å². The molecule has 0 radical (unpaired) electrons. The largest absolute Gasteiger partial charge is 0.377 e. The Morgan fingerprint density at radius 3 is 2.64 bits per heavy atom. The molecule has 0 aliphatic heterocycles. The quantitative estimate of drug-likeness (QED) is 0.675. The number of hydrogen-bond donors (Lipinski definition) is 1. The van der Waals surface area contributed by atoms with Crippen molar-refractivity contribution < 1.29 is 9.90 Å². The highest BCUT2D eigenvalue weighted by Gasteiger charge is 2.37. The summed E-state index contributed by atoms with van der Waals surface area (Å²) in [7, 11) is 0. The summed E-state index contributed by atoms with van der Waals surface area (Å²) in [4.78, 5) is 11.7. The van der Waals surface area contributed by atoms with Crippen LogP contribution in [0.5, 0.6) is 0 Å². The van der Waals surface area contributed by atoms with Gasteiger partial charge in [-0.05, 0) is 36.6 Å². The molecule has 0 heterocycles. The van der Waals surface area contributed by atoms with E-state index < -0.39 is 5.60 Å². The monoisotopic (exact) mass is 188 g/mol. The maximum absolute atomic E-state index is 11.7. The Bertz CT molecular complexity index is 428. The van der Waals surface area contributed by atoms with Crippen LogP contribution in [0.1, 0.15) is 25.0 Å². The molecule has 0 amide bonds. The Kier molecular flexibility index (Phi) is 1.82. The average molecular weight is 188 g/mol. The van der Waals surface area contributed by atoms with E-state index in [0.29, 0.717) is 11.1 Å². The number of ketones is 1. The highest BCUT2D eigenvalue weighted by molar-refractivity contribution is 6.07. The van der Waals surface area contributed by atoms with Crippen LogP contribution in [-0.4, -0.2) is 10.9 Å². The van der Waals surface area contributed by atoms with Crippen LogP contribution in [0, 0.1) is 0 Å². The fraction of sp³-hybridized carbons (Fsp3) is 0.250. The summed E-state index contributed by atoms with van der Waals surface area (Å²) in [6.45, 7) is 3.28. The first-order valence-electron chi connectivity index (χ1n) is 4.58. The Labute approximate surface area is 82.9 Å².